The van der Waals surface area contributed by atoms with E-state index >= 15 is 0 Å². The van der Waals surface area contributed by atoms with Gasteiger partial charge in [-0.15, -0.1) is 0 Å². The lowest BCUT2D eigenvalue weighted by Crippen LogP contribution is -2.03. The monoisotopic (exact) mass is 268 g/mol. The molecule has 0 aliphatic carbocycles. The Balaban J connectivity index is 1.76. The molecular weight excluding hydrogens is 252 g/mol. The summed E-state index contributed by atoms with van der Waals surface area (Å²) in [5.41, 5.74) is 1.77. The van der Waals surface area contributed by atoms with E-state index < -0.39 is 0 Å². The quantitative estimate of drug-likeness (QED) is 0.763. The number of rotatable bonds is 5. The van der Waals surface area contributed by atoms with Gasteiger partial charge in [-0.3, -0.25) is 0 Å². The predicted molar refractivity (Wildman–Crippen MR) is 78.9 cm³/mol. The molecule has 0 unspecified atom stereocenters. The topological polar surface area (TPSA) is 47.3 Å². The molecule has 2 heterocycles. The molecule has 0 bridgehead atoms. The summed E-state index contributed by atoms with van der Waals surface area (Å²) in [5, 5.41) is 4.41. The summed E-state index contributed by atoms with van der Waals surface area (Å²) < 4.78 is 11.2. The average Bonchev–Trinajstić information content (AvgIpc) is 2.89. The Hall–Kier alpha value is -2.49. The van der Waals surface area contributed by atoms with E-state index in [0.717, 1.165) is 22.4 Å². The van der Waals surface area contributed by atoms with Crippen LogP contribution in [0.3, 0.4) is 0 Å². The van der Waals surface area contributed by atoms with Crippen LogP contribution in [0.4, 0.5) is 5.69 Å². The number of ether oxygens (including phenoxy) is 1. The molecule has 1 N–H and O–H groups in total. The van der Waals surface area contributed by atoms with Gasteiger partial charge in [-0.25, -0.2) is 4.98 Å². The fraction of sp³-hybridized carbons (Fsp3) is 0.188. The van der Waals surface area contributed by atoms with E-state index in [-0.39, 0.29) is 0 Å². The molecule has 20 heavy (non-hydrogen) atoms. The van der Waals surface area contributed by atoms with Crippen LogP contribution in [0.5, 0.6) is 5.88 Å². The van der Waals surface area contributed by atoms with Gasteiger partial charge in [0.25, 0.3) is 0 Å². The van der Waals surface area contributed by atoms with Gasteiger partial charge in [0, 0.05) is 11.6 Å². The molecule has 102 valence electrons. The Morgan fingerprint density at radius 1 is 1.20 bits per heavy atom. The third-order valence-electron chi connectivity index (χ3n) is 2.98. The van der Waals surface area contributed by atoms with Crippen LogP contribution in [0.1, 0.15) is 12.7 Å². The maximum Gasteiger partial charge on any atom is 0.237 e. The van der Waals surface area contributed by atoms with E-state index in [2.05, 4.69) is 10.3 Å². The van der Waals surface area contributed by atoms with Crippen molar-refractivity contribution >= 4 is 16.7 Å². The first kappa shape index (κ1) is 12.5. The number of fused-ring (bicyclic) bond motifs is 1. The van der Waals surface area contributed by atoms with Crippen LogP contribution in [-0.2, 0) is 6.54 Å². The van der Waals surface area contributed by atoms with Crippen molar-refractivity contribution in [1.82, 2.24) is 4.98 Å². The van der Waals surface area contributed by atoms with Crippen LogP contribution in [0.15, 0.2) is 53.1 Å². The molecule has 0 aliphatic rings. The van der Waals surface area contributed by atoms with Crippen molar-refractivity contribution in [1.29, 1.82) is 0 Å². The summed E-state index contributed by atoms with van der Waals surface area (Å²) >= 11 is 0. The number of para-hydroxylation sites is 1. The van der Waals surface area contributed by atoms with Crippen molar-refractivity contribution in [3.8, 4) is 5.88 Å². The molecule has 0 aliphatic heterocycles. The molecular formula is C16H16N2O2. The number of nitrogens with zero attached hydrogens (tertiary/aromatic N) is 1. The maximum absolute atomic E-state index is 5.77. The lowest BCUT2D eigenvalue weighted by molar-refractivity contribution is 0.328. The van der Waals surface area contributed by atoms with E-state index in [1.54, 1.807) is 6.20 Å². The van der Waals surface area contributed by atoms with E-state index in [0.29, 0.717) is 19.0 Å². The Morgan fingerprint density at radius 3 is 2.95 bits per heavy atom. The number of pyridine rings is 1. The van der Waals surface area contributed by atoms with E-state index in [1.165, 1.54) is 0 Å². The molecule has 0 saturated heterocycles. The Kier molecular flexibility index (Phi) is 3.54. The van der Waals surface area contributed by atoms with Crippen molar-refractivity contribution in [3.63, 3.8) is 0 Å². The lowest BCUT2D eigenvalue weighted by Gasteiger charge is -2.09. The van der Waals surface area contributed by atoms with E-state index in [4.69, 9.17) is 9.15 Å². The fourth-order valence-electron chi connectivity index (χ4n) is 2.08. The minimum Gasteiger partial charge on any atom is -0.476 e. The minimum atomic E-state index is 0.594. The SMILES string of the molecule is CCOc1ncccc1NCc1cc2ccccc2o1. The normalized spacial score (nSPS) is 10.7. The zero-order valence-electron chi connectivity index (χ0n) is 11.3. The molecule has 4 heteroatoms. The van der Waals surface area contributed by atoms with Crippen molar-refractivity contribution in [2.45, 2.75) is 13.5 Å². The second-order valence-corrected chi connectivity index (χ2v) is 4.39. The van der Waals surface area contributed by atoms with Gasteiger partial charge < -0.3 is 14.5 Å². The van der Waals surface area contributed by atoms with Gasteiger partial charge in [-0.1, -0.05) is 18.2 Å². The van der Waals surface area contributed by atoms with Crippen molar-refractivity contribution in [3.05, 3.63) is 54.4 Å². The third-order valence-corrected chi connectivity index (χ3v) is 2.98. The minimum absolute atomic E-state index is 0.594. The summed E-state index contributed by atoms with van der Waals surface area (Å²) in [5.74, 6) is 1.50. The highest BCUT2D eigenvalue weighted by Crippen LogP contribution is 2.23. The highest BCUT2D eigenvalue weighted by atomic mass is 16.5. The second-order valence-electron chi connectivity index (χ2n) is 4.39. The number of hydrogen-bond acceptors (Lipinski definition) is 4. The van der Waals surface area contributed by atoms with Gasteiger partial charge in [-0.2, -0.15) is 0 Å². The van der Waals surface area contributed by atoms with Gasteiger partial charge in [0.05, 0.1) is 18.8 Å². The third kappa shape index (κ3) is 2.59. The highest BCUT2D eigenvalue weighted by molar-refractivity contribution is 5.77. The zero-order valence-corrected chi connectivity index (χ0v) is 11.3. The number of benzene rings is 1. The second kappa shape index (κ2) is 5.65. The van der Waals surface area contributed by atoms with Crippen LogP contribution >= 0.6 is 0 Å². The van der Waals surface area contributed by atoms with Crippen LogP contribution < -0.4 is 10.1 Å². The molecule has 0 fully saturated rings. The Bertz CT molecular complexity index is 673. The maximum atomic E-state index is 5.77. The van der Waals surface area contributed by atoms with Gasteiger partial charge in [0.1, 0.15) is 11.3 Å². The van der Waals surface area contributed by atoms with Crippen LogP contribution in [0.2, 0.25) is 0 Å². The molecule has 4 nitrogen and oxygen atoms in total. The molecule has 0 amide bonds. The van der Waals surface area contributed by atoms with Crippen molar-refractivity contribution in [2.24, 2.45) is 0 Å². The number of nitrogens with one attached hydrogen (secondary N) is 1. The first-order chi connectivity index (χ1) is 9.86. The number of anilines is 1. The summed E-state index contributed by atoms with van der Waals surface area (Å²) in [7, 11) is 0. The standard InChI is InChI=1S/C16H16N2O2/c1-2-19-16-14(7-5-9-17-16)18-11-13-10-12-6-3-4-8-15(12)20-13/h3-10,18H,2,11H2,1H3. The first-order valence-corrected chi connectivity index (χ1v) is 6.66. The molecule has 0 radical (unpaired) electrons. The van der Waals surface area contributed by atoms with Gasteiger partial charge >= 0.3 is 0 Å². The number of furan rings is 1. The van der Waals surface area contributed by atoms with Crippen molar-refractivity contribution in [2.75, 3.05) is 11.9 Å². The number of hydrogen-bond donors (Lipinski definition) is 1. The van der Waals surface area contributed by atoms with Gasteiger partial charge in [0.15, 0.2) is 0 Å². The van der Waals surface area contributed by atoms with Gasteiger partial charge in [0.2, 0.25) is 5.88 Å². The van der Waals surface area contributed by atoms with E-state index in [9.17, 15) is 0 Å². The summed E-state index contributed by atoms with van der Waals surface area (Å²) in [4.78, 5) is 4.21. The smallest absolute Gasteiger partial charge is 0.237 e. The molecule has 3 aromatic rings. The average molecular weight is 268 g/mol. The Labute approximate surface area is 117 Å². The molecule has 3 rings (SSSR count). The largest absolute Gasteiger partial charge is 0.476 e. The van der Waals surface area contributed by atoms with E-state index in [1.807, 2.05) is 49.4 Å². The lowest BCUT2D eigenvalue weighted by atomic mass is 10.2. The first-order valence-electron chi connectivity index (χ1n) is 6.66. The van der Waals surface area contributed by atoms with Crippen molar-refractivity contribution < 1.29 is 9.15 Å². The van der Waals surface area contributed by atoms with Crippen LogP contribution in [-0.4, -0.2) is 11.6 Å². The highest BCUT2D eigenvalue weighted by Gasteiger charge is 2.06. The van der Waals surface area contributed by atoms with Crippen LogP contribution in [0, 0.1) is 0 Å². The predicted octanol–water partition coefficient (Wildman–Crippen LogP) is 3.84. The summed E-state index contributed by atoms with van der Waals surface area (Å²) in [6.45, 7) is 3.13. The van der Waals surface area contributed by atoms with Gasteiger partial charge in [-0.05, 0) is 31.2 Å². The van der Waals surface area contributed by atoms with Crippen LogP contribution in [0.25, 0.3) is 11.0 Å². The fourth-order valence-corrected chi connectivity index (χ4v) is 2.08. The molecule has 0 saturated carbocycles. The molecule has 0 atom stereocenters. The zero-order chi connectivity index (χ0) is 13.8. The number of aromatic nitrogens is 1. The molecule has 0 spiro atoms. The molecule has 2 aromatic heterocycles. The Morgan fingerprint density at radius 2 is 2.10 bits per heavy atom. The summed E-state index contributed by atoms with van der Waals surface area (Å²) in [6.07, 6.45) is 1.72. The molecule has 1 aromatic carbocycles. The summed E-state index contributed by atoms with van der Waals surface area (Å²) in [6, 6.07) is 13.8.